The lowest BCUT2D eigenvalue weighted by atomic mass is 10.1. The van der Waals surface area contributed by atoms with E-state index < -0.39 is 11.9 Å². The van der Waals surface area contributed by atoms with E-state index in [9.17, 15) is 9.59 Å². The molecule has 1 heterocycles. The number of hydrogen-bond acceptors (Lipinski definition) is 5. The summed E-state index contributed by atoms with van der Waals surface area (Å²) >= 11 is 13.6. The molecule has 0 spiro atoms. The lowest BCUT2D eigenvalue weighted by Gasteiger charge is -2.19. The first-order valence-electron chi connectivity index (χ1n) is 9.39. The van der Waals surface area contributed by atoms with Gasteiger partial charge in [-0.1, -0.05) is 35.3 Å². The number of nitrogens with one attached hydrogen (secondary N) is 2. The van der Waals surface area contributed by atoms with Gasteiger partial charge in [-0.2, -0.15) is 11.8 Å². The van der Waals surface area contributed by atoms with Crippen LogP contribution in [0.4, 0.5) is 5.69 Å². The van der Waals surface area contributed by atoms with Gasteiger partial charge in [0, 0.05) is 23.3 Å². The Morgan fingerprint density at radius 1 is 1.19 bits per heavy atom. The number of thioether (sulfide) groups is 1. The Bertz CT molecular complexity index is 1090. The number of nitrogens with zero attached hydrogens (tertiary/aromatic N) is 3. The minimum Gasteiger partial charge on any atom is -0.340 e. The summed E-state index contributed by atoms with van der Waals surface area (Å²) in [5.74, 6) is 0.630. The average molecular weight is 478 g/mol. The van der Waals surface area contributed by atoms with Crippen LogP contribution in [-0.2, 0) is 11.8 Å². The predicted octanol–water partition coefficient (Wildman–Crippen LogP) is 4.28. The van der Waals surface area contributed by atoms with Gasteiger partial charge in [-0.25, -0.2) is 0 Å². The van der Waals surface area contributed by atoms with Gasteiger partial charge in [-0.05, 0) is 48.8 Å². The topological polar surface area (TPSA) is 88.9 Å². The maximum absolute atomic E-state index is 13.0. The van der Waals surface area contributed by atoms with E-state index in [0.29, 0.717) is 28.7 Å². The summed E-state index contributed by atoms with van der Waals surface area (Å²) in [6, 6.07) is 11.2. The molecule has 2 aromatic carbocycles. The fourth-order valence-corrected chi connectivity index (χ4v) is 3.89. The van der Waals surface area contributed by atoms with E-state index in [1.54, 1.807) is 34.8 Å². The van der Waals surface area contributed by atoms with Gasteiger partial charge in [0.2, 0.25) is 5.91 Å². The zero-order chi connectivity index (χ0) is 22.4. The highest BCUT2D eigenvalue weighted by Crippen LogP contribution is 2.22. The second-order valence-electron chi connectivity index (χ2n) is 6.77. The average Bonchev–Trinajstić information content (AvgIpc) is 3.17. The molecule has 162 valence electrons. The summed E-state index contributed by atoms with van der Waals surface area (Å²) < 4.78 is 1.79. The van der Waals surface area contributed by atoms with Crippen molar-refractivity contribution in [3.05, 3.63) is 64.4 Å². The zero-order valence-electron chi connectivity index (χ0n) is 16.9. The second-order valence-corrected chi connectivity index (χ2v) is 8.60. The van der Waals surface area contributed by atoms with Crippen LogP contribution in [0.2, 0.25) is 10.0 Å². The van der Waals surface area contributed by atoms with Crippen molar-refractivity contribution in [1.82, 2.24) is 20.1 Å². The van der Waals surface area contributed by atoms with Crippen molar-refractivity contribution >= 4 is 52.5 Å². The van der Waals surface area contributed by atoms with Gasteiger partial charge in [0.05, 0.1) is 10.6 Å². The van der Waals surface area contributed by atoms with Crippen LogP contribution in [-0.4, -0.2) is 44.6 Å². The highest BCUT2D eigenvalue weighted by Gasteiger charge is 2.22. The van der Waals surface area contributed by atoms with Gasteiger partial charge >= 0.3 is 0 Å². The van der Waals surface area contributed by atoms with Crippen molar-refractivity contribution in [3.8, 4) is 11.4 Å². The van der Waals surface area contributed by atoms with E-state index in [0.717, 1.165) is 5.56 Å². The SMILES string of the molecule is CSCCC(NC(=O)c1ccc(Cl)cc1Cl)C(=O)Nc1cccc(-c2nncn2C)c1. The van der Waals surface area contributed by atoms with Crippen LogP contribution in [0.25, 0.3) is 11.4 Å². The van der Waals surface area contributed by atoms with E-state index in [1.807, 2.05) is 31.5 Å². The summed E-state index contributed by atoms with van der Waals surface area (Å²) in [6.07, 6.45) is 4.01. The van der Waals surface area contributed by atoms with Crippen LogP contribution in [0.1, 0.15) is 16.8 Å². The molecular weight excluding hydrogens is 457 g/mol. The van der Waals surface area contributed by atoms with Gasteiger partial charge in [-0.15, -0.1) is 10.2 Å². The highest BCUT2D eigenvalue weighted by molar-refractivity contribution is 7.98. The maximum atomic E-state index is 13.0. The summed E-state index contributed by atoms with van der Waals surface area (Å²) in [5.41, 5.74) is 1.67. The molecule has 2 N–H and O–H groups in total. The van der Waals surface area contributed by atoms with Crippen molar-refractivity contribution < 1.29 is 9.59 Å². The van der Waals surface area contributed by atoms with Crippen molar-refractivity contribution in [3.63, 3.8) is 0 Å². The second kappa shape index (κ2) is 10.7. The smallest absolute Gasteiger partial charge is 0.253 e. The minimum atomic E-state index is -0.731. The molecule has 1 atom stereocenters. The van der Waals surface area contributed by atoms with Gasteiger partial charge < -0.3 is 15.2 Å². The summed E-state index contributed by atoms with van der Waals surface area (Å²) in [5, 5.41) is 14.3. The number of rotatable bonds is 8. The van der Waals surface area contributed by atoms with Crippen molar-refractivity contribution in [2.45, 2.75) is 12.5 Å². The number of anilines is 1. The van der Waals surface area contributed by atoms with Gasteiger partial charge in [0.1, 0.15) is 12.4 Å². The maximum Gasteiger partial charge on any atom is 0.253 e. The molecule has 0 aliphatic carbocycles. The molecule has 2 amide bonds. The molecule has 0 fully saturated rings. The number of hydrogen-bond donors (Lipinski definition) is 2. The number of halogens is 2. The first-order valence-corrected chi connectivity index (χ1v) is 11.5. The summed E-state index contributed by atoms with van der Waals surface area (Å²) in [6.45, 7) is 0. The number of aryl methyl sites for hydroxylation is 1. The molecule has 0 bridgehead atoms. The Hall–Kier alpha value is -2.55. The Morgan fingerprint density at radius 3 is 2.68 bits per heavy atom. The minimum absolute atomic E-state index is 0.227. The quantitative estimate of drug-likeness (QED) is 0.505. The summed E-state index contributed by atoms with van der Waals surface area (Å²) in [4.78, 5) is 25.7. The Morgan fingerprint density at radius 2 is 2.00 bits per heavy atom. The molecule has 1 aromatic heterocycles. The standard InChI is InChI=1S/C21H21Cl2N5O2S/c1-28-12-24-27-19(28)13-4-3-5-15(10-13)25-21(30)18(8-9-31-2)26-20(29)16-7-6-14(22)11-17(16)23/h3-7,10-12,18H,8-9H2,1-2H3,(H,25,30)(H,26,29). The van der Waals surface area contributed by atoms with Crippen LogP contribution in [0.15, 0.2) is 48.8 Å². The van der Waals surface area contributed by atoms with E-state index in [2.05, 4.69) is 20.8 Å². The number of amides is 2. The van der Waals surface area contributed by atoms with Crippen LogP contribution in [0, 0.1) is 0 Å². The van der Waals surface area contributed by atoms with Crippen LogP contribution >= 0.6 is 35.0 Å². The number of benzene rings is 2. The summed E-state index contributed by atoms with van der Waals surface area (Å²) in [7, 11) is 1.84. The fourth-order valence-electron chi connectivity index (χ4n) is 2.92. The number of aromatic nitrogens is 3. The third-order valence-electron chi connectivity index (χ3n) is 4.51. The molecule has 0 aliphatic rings. The number of carbonyl (C=O) groups is 2. The van der Waals surface area contributed by atoms with Gasteiger partial charge in [-0.3, -0.25) is 9.59 Å². The van der Waals surface area contributed by atoms with E-state index in [-0.39, 0.29) is 16.5 Å². The molecular formula is C21H21Cl2N5O2S. The van der Waals surface area contributed by atoms with E-state index >= 15 is 0 Å². The lowest BCUT2D eigenvalue weighted by Crippen LogP contribution is -2.44. The van der Waals surface area contributed by atoms with Gasteiger partial charge in [0.25, 0.3) is 5.91 Å². The lowest BCUT2D eigenvalue weighted by molar-refractivity contribution is -0.118. The fraction of sp³-hybridized carbons (Fsp3) is 0.238. The Balaban J connectivity index is 1.75. The van der Waals surface area contributed by atoms with Crippen LogP contribution in [0.5, 0.6) is 0 Å². The van der Waals surface area contributed by atoms with Crippen molar-refractivity contribution in [2.75, 3.05) is 17.3 Å². The monoisotopic (exact) mass is 477 g/mol. The van der Waals surface area contributed by atoms with Crippen LogP contribution < -0.4 is 10.6 Å². The van der Waals surface area contributed by atoms with Gasteiger partial charge in [0.15, 0.2) is 5.82 Å². The number of carbonyl (C=O) groups excluding carboxylic acids is 2. The highest BCUT2D eigenvalue weighted by atomic mass is 35.5. The molecule has 3 aromatic rings. The van der Waals surface area contributed by atoms with Crippen molar-refractivity contribution in [1.29, 1.82) is 0 Å². The van der Waals surface area contributed by atoms with E-state index in [4.69, 9.17) is 23.2 Å². The molecule has 0 saturated heterocycles. The third kappa shape index (κ3) is 6.00. The molecule has 0 radical (unpaired) electrons. The molecule has 10 heteroatoms. The molecule has 0 aliphatic heterocycles. The zero-order valence-corrected chi connectivity index (χ0v) is 19.3. The normalized spacial score (nSPS) is 11.7. The molecule has 0 saturated carbocycles. The predicted molar refractivity (Wildman–Crippen MR) is 126 cm³/mol. The first kappa shape index (κ1) is 23.1. The first-order chi connectivity index (χ1) is 14.9. The van der Waals surface area contributed by atoms with E-state index in [1.165, 1.54) is 12.1 Å². The largest absolute Gasteiger partial charge is 0.340 e. The van der Waals surface area contributed by atoms with Crippen molar-refractivity contribution in [2.24, 2.45) is 7.05 Å². The third-order valence-corrected chi connectivity index (χ3v) is 5.70. The molecule has 31 heavy (non-hydrogen) atoms. The Labute approximate surface area is 194 Å². The molecule has 7 nitrogen and oxygen atoms in total. The van der Waals surface area contributed by atoms with Crippen LogP contribution in [0.3, 0.4) is 0 Å². The Kier molecular flexibility index (Phi) is 7.95. The molecule has 1 unspecified atom stereocenters. The molecule has 3 rings (SSSR count).